The lowest BCUT2D eigenvalue weighted by molar-refractivity contribution is -0.114. The number of carbonyl (C=O) groups is 1. The summed E-state index contributed by atoms with van der Waals surface area (Å²) in [6.07, 6.45) is 5.29. The summed E-state index contributed by atoms with van der Waals surface area (Å²) in [6.45, 7) is 8.21. The minimum atomic E-state index is -0.288. The zero-order valence-electron chi connectivity index (χ0n) is 8.22. The van der Waals surface area contributed by atoms with Crippen molar-refractivity contribution in [2.45, 2.75) is 27.7 Å². The van der Waals surface area contributed by atoms with Crippen LogP contribution in [-0.4, -0.2) is 6.29 Å². The van der Waals surface area contributed by atoms with E-state index in [0.29, 0.717) is 5.92 Å². The Morgan fingerprint density at radius 3 is 2.50 bits per heavy atom. The van der Waals surface area contributed by atoms with Gasteiger partial charge in [-0.3, -0.25) is 0 Å². The maximum atomic E-state index is 10.9. The van der Waals surface area contributed by atoms with Gasteiger partial charge in [0.1, 0.15) is 6.29 Å². The van der Waals surface area contributed by atoms with Crippen molar-refractivity contribution >= 4 is 6.29 Å². The van der Waals surface area contributed by atoms with Crippen LogP contribution >= 0.6 is 0 Å². The number of rotatable bonds is 1. The SMILES string of the molecule is CC1=CC(C)C(C)(C=O)C=C1C. The van der Waals surface area contributed by atoms with Gasteiger partial charge in [-0.2, -0.15) is 0 Å². The molecule has 0 aromatic rings. The number of carbonyl (C=O) groups excluding carboxylic acids is 1. The van der Waals surface area contributed by atoms with E-state index >= 15 is 0 Å². The average Bonchev–Trinajstić information content (AvgIpc) is 2.01. The smallest absolute Gasteiger partial charge is 0.130 e. The maximum absolute atomic E-state index is 10.9. The van der Waals surface area contributed by atoms with Gasteiger partial charge in [-0.1, -0.05) is 30.2 Å². The third-order valence-electron chi connectivity index (χ3n) is 2.88. The summed E-state index contributed by atoms with van der Waals surface area (Å²) in [4.78, 5) is 10.9. The van der Waals surface area contributed by atoms with Gasteiger partial charge in [0.25, 0.3) is 0 Å². The van der Waals surface area contributed by atoms with E-state index in [1.165, 1.54) is 11.1 Å². The van der Waals surface area contributed by atoms with Crippen LogP contribution in [0.3, 0.4) is 0 Å². The molecule has 66 valence electrons. The molecule has 0 fully saturated rings. The molecule has 0 amide bonds. The van der Waals surface area contributed by atoms with Crippen molar-refractivity contribution in [3.05, 3.63) is 23.3 Å². The van der Waals surface area contributed by atoms with Gasteiger partial charge >= 0.3 is 0 Å². The molecule has 0 radical (unpaired) electrons. The summed E-state index contributed by atoms with van der Waals surface area (Å²) < 4.78 is 0. The molecule has 2 atom stereocenters. The number of hydrogen-bond donors (Lipinski definition) is 0. The van der Waals surface area contributed by atoms with E-state index < -0.39 is 0 Å². The first kappa shape index (κ1) is 9.24. The van der Waals surface area contributed by atoms with Crippen molar-refractivity contribution < 1.29 is 4.79 Å². The van der Waals surface area contributed by atoms with Gasteiger partial charge in [-0.15, -0.1) is 0 Å². The summed E-state index contributed by atoms with van der Waals surface area (Å²) in [5.41, 5.74) is 2.23. The van der Waals surface area contributed by atoms with Crippen molar-refractivity contribution in [1.82, 2.24) is 0 Å². The molecule has 0 spiro atoms. The summed E-state index contributed by atoms with van der Waals surface area (Å²) in [6, 6.07) is 0. The second-order valence-electron chi connectivity index (χ2n) is 3.95. The number of allylic oxidation sites excluding steroid dienone is 4. The Kier molecular flexibility index (Phi) is 2.22. The Morgan fingerprint density at radius 1 is 1.42 bits per heavy atom. The van der Waals surface area contributed by atoms with Gasteiger partial charge in [0, 0.05) is 5.41 Å². The minimum Gasteiger partial charge on any atom is -0.302 e. The molecule has 0 bridgehead atoms. The third-order valence-corrected chi connectivity index (χ3v) is 2.88. The Hall–Kier alpha value is -0.850. The molecule has 1 aliphatic rings. The van der Waals surface area contributed by atoms with Crippen LogP contribution in [0.15, 0.2) is 23.3 Å². The number of aldehydes is 1. The quantitative estimate of drug-likeness (QED) is 0.544. The van der Waals surface area contributed by atoms with Crippen LogP contribution in [0, 0.1) is 11.3 Å². The molecule has 1 aliphatic carbocycles. The fourth-order valence-electron chi connectivity index (χ4n) is 1.54. The van der Waals surface area contributed by atoms with Crippen LogP contribution in [-0.2, 0) is 4.79 Å². The highest BCUT2D eigenvalue weighted by molar-refractivity contribution is 5.65. The molecule has 12 heavy (non-hydrogen) atoms. The summed E-state index contributed by atoms with van der Waals surface area (Å²) in [7, 11) is 0. The Labute approximate surface area is 74.2 Å². The van der Waals surface area contributed by atoms with E-state index in [1.54, 1.807) is 0 Å². The van der Waals surface area contributed by atoms with Gasteiger partial charge < -0.3 is 4.79 Å². The molecule has 2 unspecified atom stereocenters. The van der Waals surface area contributed by atoms with E-state index in [9.17, 15) is 4.79 Å². The molecule has 0 aliphatic heterocycles. The molecule has 0 heterocycles. The van der Waals surface area contributed by atoms with Crippen molar-refractivity contribution in [3.8, 4) is 0 Å². The van der Waals surface area contributed by atoms with Crippen molar-refractivity contribution in [2.24, 2.45) is 11.3 Å². The van der Waals surface area contributed by atoms with E-state index in [2.05, 4.69) is 32.9 Å². The van der Waals surface area contributed by atoms with E-state index in [0.717, 1.165) is 6.29 Å². The molecule has 1 nitrogen and oxygen atoms in total. The van der Waals surface area contributed by atoms with Crippen molar-refractivity contribution in [2.75, 3.05) is 0 Å². The molecule has 1 rings (SSSR count). The lowest BCUT2D eigenvalue weighted by Crippen LogP contribution is -2.26. The Morgan fingerprint density at radius 2 is 2.00 bits per heavy atom. The van der Waals surface area contributed by atoms with Crippen LogP contribution in [0.2, 0.25) is 0 Å². The summed E-state index contributed by atoms with van der Waals surface area (Å²) in [5.74, 6) is 0.318. The first-order valence-corrected chi connectivity index (χ1v) is 4.34. The van der Waals surface area contributed by atoms with Crippen molar-refractivity contribution in [3.63, 3.8) is 0 Å². The standard InChI is InChI=1S/C11H16O/c1-8-5-10(3)11(4,7-12)6-9(8)2/h5-7,10H,1-4H3. The molecule has 0 N–H and O–H groups in total. The van der Waals surface area contributed by atoms with Gasteiger partial charge in [-0.25, -0.2) is 0 Å². The first-order chi connectivity index (χ1) is 5.49. The van der Waals surface area contributed by atoms with Gasteiger partial charge in [0.05, 0.1) is 0 Å². The van der Waals surface area contributed by atoms with Crippen LogP contribution in [0.4, 0.5) is 0 Å². The highest BCUT2D eigenvalue weighted by Crippen LogP contribution is 2.35. The molecule has 0 aromatic heterocycles. The minimum absolute atomic E-state index is 0.288. The van der Waals surface area contributed by atoms with Gasteiger partial charge in [0.2, 0.25) is 0 Å². The Balaban J connectivity index is 3.06. The molecule has 1 heteroatoms. The normalized spacial score (nSPS) is 35.5. The lowest BCUT2D eigenvalue weighted by atomic mass is 9.73. The molecule has 0 aromatic carbocycles. The van der Waals surface area contributed by atoms with Crippen LogP contribution in [0.5, 0.6) is 0 Å². The monoisotopic (exact) mass is 164 g/mol. The first-order valence-electron chi connectivity index (χ1n) is 4.34. The average molecular weight is 164 g/mol. The molecular formula is C11H16O. The van der Waals surface area contributed by atoms with Crippen LogP contribution in [0.25, 0.3) is 0 Å². The van der Waals surface area contributed by atoms with Gasteiger partial charge in [0.15, 0.2) is 0 Å². The van der Waals surface area contributed by atoms with E-state index in [4.69, 9.17) is 0 Å². The second kappa shape index (κ2) is 2.89. The van der Waals surface area contributed by atoms with Crippen molar-refractivity contribution in [1.29, 1.82) is 0 Å². The topological polar surface area (TPSA) is 17.1 Å². The molecular weight excluding hydrogens is 148 g/mol. The predicted octanol–water partition coefficient (Wildman–Crippen LogP) is 2.73. The fourth-order valence-corrected chi connectivity index (χ4v) is 1.54. The van der Waals surface area contributed by atoms with E-state index in [1.807, 2.05) is 6.92 Å². The number of hydrogen-bond acceptors (Lipinski definition) is 1. The van der Waals surface area contributed by atoms with Crippen LogP contribution < -0.4 is 0 Å². The van der Waals surface area contributed by atoms with E-state index in [-0.39, 0.29) is 5.41 Å². The highest BCUT2D eigenvalue weighted by atomic mass is 16.1. The predicted molar refractivity (Wildman–Crippen MR) is 50.8 cm³/mol. The van der Waals surface area contributed by atoms with Crippen LogP contribution in [0.1, 0.15) is 27.7 Å². The second-order valence-corrected chi connectivity index (χ2v) is 3.95. The molecule has 0 saturated carbocycles. The lowest BCUT2D eigenvalue weighted by Gasteiger charge is -2.30. The van der Waals surface area contributed by atoms with Gasteiger partial charge in [-0.05, 0) is 26.7 Å². The molecule has 0 saturated heterocycles. The zero-order chi connectivity index (χ0) is 9.35. The Bertz CT molecular complexity index is 260. The fraction of sp³-hybridized carbons (Fsp3) is 0.545. The maximum Gasteiger partial charge on any atom is 0.130 e. The highest BCUT2D eigenvalue weighted by Gasteiger charge is 2.30. The largest absolute Gasteiger partial charge is 0.302 e. The summed E-state index contributed by atoms with van der Waals surface area (Å²) in [5, 5.41) is 0. The third kappa shape index (κ3) is 1.36. The zero-order valence-corrected chi connectivity index (χ0v) is 8.22. The summed E-state index contributed by atoms with van der Waals surface area (Å²) >= 11 is 0.